The average molecular weight is 544 g/mol. The van der Waals surface area contributed by atoms with Crippen LogP contribution in [-0.4, -0.2) is 84.0 Å². The van der Waals surface area contributed by atoms with Crippen molar-refractivity contribution in [3.05, 3.63) is 0 Å². The third-order valence-corrected chi connectivity index (χ3v) is 9.38. The van der Waals surface area contributed by atoms with Gasteiger partial charge in [0.05, 0.1) is 19.8 Å². The first-order valence-corrected chi connectivity index (χ1v) is 14.3. The Labute approximate surface area is 190 Å². The zero-order chi connectivity index (χ0) is 26.8. The van der Waals surface area contributed by atoms with Gasteiger partial charge in [0.25, 0.3) is 0 Å². The lowest BCUT2D eigenvalue weighted by atomic mass is 10.0. The Morgan fingerprint density at radius 2 is 1.30 bits per heavy atom. The van der Waals surface area contributed by atoms with Gasteiger partial charge in [-0.05, 0) is 41.0 Å². The quantitative estimate of drug-likeness (QED) is 0.141. The first kappa shape index (κ1) is 34.0. The van der Waals surface area contributed by atoms with Crippen molar-refractivity contribution in [2.45, 2.75) is 57.5 Å². The molecule has 0 saturated carbocycles. The molecule has 0 fully saturated rings. The Morgan fingerprint density at radius 3 is 1.55 bits per heavy atom. The van der Waals surface area contributed by atoms with Crippen molar-refractivity contribution in [2.24, 2.45) is 0 Å². The summed E-state index contributed by atoms with van der Waals surface area (Å²) in [5.74, 6) is -4.64. The zero-order valence-corrected chi connectivity index (χ0v) is 21.4. The molecular weight excluding hydrogens is 513 g/mol. The summed E-state index contributed by atoms with van der Waals surface area (Å²) in [6.45, 7) is 7.83. The maximum atomic E-state index is 12.1. The molecule has 0 heterocycles. The van der Waals surface area contributed by atoms with Gasteiger partial charge in [-0.3, -0.25) is 28.1 Å². The zero-order valence-electron chi connectivity index (χ0n) is 18.7. The molecule has 0 amide bonds. The number of ether oxygens (including phenoxy) is 1. The van der Waals surface area contributed by atoms with E-state index in [2.05, 4.69) is 0 Å². The maximum absolute atomic E-state index is 12.1. The van der Waals surface area contributed by atoms with Crippen LogP contribution in [0, 0.1) is 0 Å². The van der Waals surface area contributed by atoms with Gasteiger partial charge in [-0.2, -0.15) is 0 Å². The number of hydrogen-bond acceptors (Lipinski definition) is 9. The van der Waals surface area contributed by atoms with Gasteiger partial charge < -0.3 is 43.6 Å². The van der Waals surface area contributed by atoms with Gasteiger partial charge in [-0.25, -0.2) is 0 Å². The van der Waals surface area contributed by atoms with Gasteiger partial charge in [-0.15, -0.1) is 0 Å². The number of esters is 1. The lowest BCUT2D eigenvalue weighted by molar-refractivity contribution is -0.143. The van der Waals surface area contributed by atoms with E-state index >= 15 is 0 Å². The first-order chi connectivity index (χ1) is 14.7. The average Bonchev–Trinajstić information content (AvgIpc) is 2.64. The SMILES string of the molecule is CC(CC(C(=O)O)P(=O)(O)O)(C(=O)O)P(=O)(O)O.CCOC(=O)C(C)P(=O)(OCC)OCC. The summed E-state index contributed by atoms with van der Waals surface area (Å²) in [5, 5.41) is 14.4. The van der Waals surface area contributed by atoms with Crippen LogP contribution in [0.2, 0.25) is 0 Å². The van der Waals surface area contributed by atoms with E-state index in [1.165, 1.54) is 6.92 Å². The minimum Gasteiger partial charge on any atom is -0.481 e. The minimum atomic E-state index is -5.31. The lowest BCUT2D eigenvalue weighted by Gasteiger charge is -2.28. The summed E-state index contributed by atoms with van der Waals surface area (Å²) < 4.78 is 48.8. The fourth-order valence-corrected chi connectivity index (χ4v) is 5.35. The highest BCUT2D eigenvalue weighted by atomic mass is 31.2. The number of carboxylic acid groups (broad SMARTS) is 2. The van der Waals surface area contributed by atoms with Crippen LogP contribution in [0.25, 0.3) is 0 Å². The van der Waals surface area contributed by atoms with E-state index < -0.39 is 63.6 Å². The molecule has 0 aliphatic rings. The molecule has 0 aliphatic carbocycles. The molecule has 18 heteroatoms. The van der Waals surface area contributed by atoms with Gasteiger partial charge in [0.15, 0.2) is 16.5 Å². The Bertz CT molecular complexity index is 805. The van der Waals surface area contributed by atoms with Crippen molar-refractivity contribution >= 4 is 40.7 Å². The third kappa shape index (κ3) is 10.3. The molecule has 0 rings (SSSR count). The van der Waals surface area contributed by atoms with Crippen LogP contribution in [0.3, 0.4) is 0 Å². The Morgan fingerprint density at radius 1 is 0.879 bits per heavy atom. The number of carbonyl (C=O) groups excluding carboxylic acids is 1. The van der Waals surface area contributed by atoms with Gasteiger partial charge in [-0.1, -0.05) is 0 Å². The predicted molar refractivity (Wildman–Crippen MR) is 113 cm³/mol. The number of hydrogen-bond donors (Lipinski definition) is 6. The molecule has 3 unspecified atom stereocenters. The van der Waals surface area contributed by atoms with Gasteiger partial charge in [0.1, 0.15) is 0 Å². The Balaban J connectivity index is 0. The molecule has 3 atom stereocenters. The van der Waals surface area contributed by atoms with Crippen LogP contribution < -0.4 is 0 Å². The maximum Gasteiger partial charge on any atom is 0.344 e. The van der Waals surface area contributed by atoms with E-state index in [1.807, 2.05) is 0 Å². The fourth-order valence-electron chi connectivity index (χ4n) is 2.07. The molecule has 0 aromatic rings. The second-order valence-electron chi connectivity index (χ2n) is 6.57. The summed E-state index contributed by atoms with van der Waals surface area (Å²) in [6, 6.07) is 0. The Kier molecular flexibility index (Phi) is 14.1. The second kappa shape index (κ2) is 13.7. The van der Waals surface area contributed by atoms with Crippen LogP contribution in [-0.2, 0) is 41.9 Å². The molecule has 6 N–H and O–H groups in total. The van der Waals surface area contributed by atoms with E-state index in [0.29, 0.717) is 6.92 Å². The molecular formula is C15H31O15P3. The van der Waals surface area contributed by atoms with E-state index in [9.17, 15) is 28.1 Å². The largest absolute Gasteiger partial charge is 0.481 e. The van der Waals surface area contributed by atoms with Crippen LogP contribution in [0.1, 0.15) is 41.0 Å². The monoisotopic (exact) mass is 544 g/mol. The number of carbonyl (C=O) groups is 3. The van der Waals surface area contributed by atoms with Gasteiger partial charge in [0.2, 0.25) is 0 Å². The number of aliphatic carboxylic acids is 2. The summed E-state index contributed by atoms with van der Waals surface area (Å²) in [5.41, 5.74) is -3.39. The molecule has 33 heavy (non-hydrogen) atoms. The van der Waals surface area contributed by atoms with Crippen molar-refractivity contribution < 1.29 is 71.6 Å². The highest BCUT2D eigenvalue weighted by molar-refractivity contribution is 7.56. The lowest BCUT2D eigenvalue weighted by Crippen LogP contribution is -2.40. The molecule has 0 aromatic carbocycles. The standard InChI is InChI=1S/C9H19O5P.C6H12O10P2/c1-5-12-9(10)8(4)15(11,13-6-2)14-7-3;1-6(5(9)10,18(14,15)16)2-3(4(7)8)17(11,12)13/h8H,5-7H2,1-4H3;3H,2H2,1H3,(H,7,8)(H,9,10)(H2,11,12,13)(H2,14,15,16). The normalized spacial score (nSPS) is 15.9. The molecule has 0 radical (unpaired) electrons. The van der Waals surface area contributed by atoms with Crippen LogP contribution in [0.5, 0.6) is 0 Å². The molecule has 0 bridgehead atoms. The highest BCUT2D eigenvalue weighted by Gasteiger charge is 2.55. The van der Waals surface area contributed by atoms with Gasteiger partial charge >= 0.3 is 40.7 Å². The molecule has 0 saturated heterocycles. The summed E-state index contributed by atoms with van der Waals surface area (Å²) in [7, 11) is -13.9. The van der Waals surface area contributed by atoms with Crippen LogP contribution in [0.4, 0.5) is 0 Å². The first-order valence-electron chi connectivity index (χ1n) is 9.37. The second-order valence-corrected chi connectivity index (χ2v) is 12.8. The Hall–Kier alpha value is -1.14. The number of rotatable bonds is 13. The van der Waals surface area contributed by atoms with Crippen molar-refractivity contribution in [2.75, 3.05) is 19.8 Å². The van der Waals surface area contributed by atoms with E-state index in [0.717, 1.165) is 0 Å². The number of carboxylic acids is 2. The smallest absolute Gasteiger partial charge is 0.344 e. The summed E-state index contributed by atoms with van der Waals surface area (Å²) in [6.07, 6.45) is -1.40. The highest BCUT2D eigenvalue weighted by Crippen LogP contribution is 2.57. The fraction of sp³-hybridized carbons (Fsp3) is 0.800. The molecule has 15 nitrogen and oxygen atoms in total. The van der Waals surface area contributed by atoms with E-state index in [1.54, 1.807) is 20.8 Å². The van der Waals surface area contributed by atoms with Crippen molar-refractivity contribution in [3.8, 4) is 0 Å². The molecule has 0 aliphatic heterocycles. The predicted octanol–water partition coefficient (Wildman–Crippen LogP) is 1.23. The van der Waals surface area contributed by atoms with Gasteiger partial charge in [0, 0.05) is 0 Å². The van der Waals surface area contributed by atoms with E-state index in [-0.39, 0.29) is 19.8 Å². The van der Waals surface area contributed by atoms with Crippen molar-refractivity contribution in [1.82, 2.24) is 0 Å². The van der Waals surface area contributed by atoms with Crippen LogP contribution in [0.15, 0.2) is 0 Å². The molecule has 196 valence electrons. The van der Waals surface area contributed by atoms with Crippen molar-refractivity contribution in [3.63, 3.8) is 0 Å². The van der Waals surface area contributed by atoms with E-state index in [4.69, 9.17) is 43.6 Å². The molecule has 0 spiro atoms. The summed E-state index contributed by atoms with van der Waals surface area (Å²) >= 11 is 0. The van der Waals surface area contributed by atoms with Crippen molar-refractivity contribution in [1.29, 1.82) is 0 Å². The third-order valence-electron chi connectivity index (χ3n) is 4.11. The molecule has 0 aromatic heterocycles. The topological polar surface area (TPSA) is 251 Å². The summed E-state index contributed by atoms with van der Waals surface area (Å²) in [4.78, 5) is 68.1. The van der Waals surface area contributed by atoms with Crippen LogP contribution >= 0.6 is 22.8 Å². The minimum absolute atomic E-state index is 0.237.